The van der Waals surface area contributed by atoms with Crippen LogP contribution in [0.5, 0.6) is 0 Å². The van der Waals surface area contributed by atoms with Crippen molar-refractivity contribution in [2.24, 2.45) is 0 Å². The van der Waals surface area contributed by atoms with Crippen molar-refractivity contribution < 1.29 is 0 Å². The number of rotatable bonds is 5. The number of nitrogens with zero attached hydrogens (tertiary/aromatic N) is 1. The molecule has 0 fully saturated rings. The summed E-state index contributed by atoms with van der Waals surface area (Å²) >= 11 is 1.69. The van der Waals surface area contributed by atoms with Gasteiger partial charge in [0.25, 0.3) is 0 Å². The van der Waals surface area contributed by atoms with Crippen LogP contribution >= 0.6 is 11.8 Å². The Labute approximate surface area is 113 Å². The van der Waals surface area contributed by atoms with Crippen LogP contribution in [0.3, 0.4) is 0 Å². The minimum Gasteiger partial charge on any atom is -0.310 e. The minimum atomic E-state index is 0.406. The molecule has 0 aliphatic rings. The van der Waals surface area contributed by atoms with E-state index >= 15 is 0 Å². The molecule has 1 aromatic heterocycles. The summed E-state index contributed by atoms with van der Waals surface area (Å²) in [5.74, 6) is 0. The maximum Gasteiger partial charge on any atom is 0.101 e. The molecule has 0 saturated carbocycles. The molecule has 94 valence electrons. The molecule has 0 aliphatic heterocycles. The van der Waals surface area contributed by atoms with Crippen LogP contribution in [0.15, 0.2) is 58.6 Å². The predicted molar refractivity (Wildman–Crippen MR) is 76.9 cm³/mol. The van der Waals surface area contributed by atoms with Crippen LogP contribution in [0.1, 0.15) is 25.5 Å². The Morgan fingerprint density at radius 2 is 1.94 bits per heavy atom. The Hall–Kier alpha value is -1.32. The van der Waals surface area contributed by atoms with E-state index in [9.17, 15) is 0 Å². The van der Waals surface area contributed by atoms with Crippen LogP contribution in [-0.2, 0) is 0 Å². The number of aromatic nitrogens is 1. The van der Waals surface area contributed by atoms with Gasteiger partial charge in [-0.3, -0.25) is 0 Å². The molecule has 1 heterocycles. The van der Waals surface area contributed by atoms with Gasteiger partial charge in [0, 0.05) is 17.1 Å². The third kappa shape index (κ3) is 3.59. The van der Waals surface area contributed by atoms with Gasteiger partial charge >= 0.3 is 0 Å². The summed E-state index contributed by atoms with van der Waals surface area (Å²) in [4.78, 5) is 5.53. The highest BCUT2D eigenvalue weighted by atomic mass is 32.2. The third-order valence-electron chi connectivity index (χ3n) is 2.75. The van der Waals surface area contributed by atoms with Crippen molar-refractivity contribution in [3.63, 3.8) is 0 Å². The summed E-state index contributed by atoms with van der Waals surface area (Å²) in [6.07, 6.45) is 1.82. The van der Waals surface area contributed by atoms with Crippen molar-refractivity contribution in [1.29, 1.82) is 0 Å². The number of benzene rings is 1. The average molecular weight is 258 g/mol. The van der Waals surface area contributed by atoms with Gasteiger partial charge in [-0.1, -0.05) is 36.9 Å². The SMILES string of the molecule is CCNC(C)c1ccc(Sc2ccccn2)cc1. The molecule has 0 bridgehead atoms. The molecule has 2 rings (SSSR count). The van der Waals surface area contributed by atoms with E-state index in [1.807, 2.05) is 24.4 Å². The van der Waals surface area contributed by atoms with E-state index in [1.165, 1.54) is 10.5 Å². The summed E-state index contributed by atoms with van der Waals surface area (Å²) in [6, 6.07) is 15.0. The molecule has 0 saturated heterocycles. The minimum absolute atomic E-state index is 0.406. The predicted octanol–water partition coefficient (Wildman–Crippen LogP) is 3.90. The lowest BCUT2D eigenvalue weighted by atomic mass is 10.1. The quantitative estimate of drug-likeness (QED) is 0.880. The highest BCUT2D eigenvalue weighted by molar-refractivity contribution is 7.99. The molecule has 2 aromatic rings. The number of nitrogens with one attached hydrogen (secondary N) is 1. The Bertz CT molecular complexity index is 468. The lowest BCUT2D eigenvalue weighted by Gasteiger charge is -2.12. The van der Waals surface area contributed by atoms with Crippen molar-refractivity contribution in [2.45, 2.75) is 29.8 Å². The van der Waals surface area contributed by atoms with E-state index in [0.29, 0.717) is 6.04 Å². The summed E-state index contributed by atoms with van der Waals surface area (Å²) in [5, 5.41) is 4.44. The lowest BCUT2D eigenvalue weighted by Crippen LogP contribution is -2.17. The summed E-state index contributed by atoms with van der Waals surface area (Å²) in [7, 11) is 0. The van der Waals surface area contributed by atoms with E-state index in [2.05, 4.69) is 48.4 Å². The molecule has 0 amide bonds. The van der Waals surface area contributed by atoms with Crippen LogP contribution in [0.2, 0.25) is 0 Å². The van der Waals surface area contributed by atoms with Gasteiger partial charge in [0.1, 0.15) is 5.03 Å². The Kier molecular flexibility index (Phi) is 4.79. The zero-order valence-electron chi connectivity index (χ0n) is 10.8. The van der Waals surface area contributed by atoms with Crippen molar-refractivity contribution in [3.05, 3.63) is 54.2 Å². The van der Waals surface area contributed by atoms with Gasteiger partial charge in [0.05, 0.1) is 0 Å². The first-order valence-electron chi connectivity index (χ1n) is 6.22. The fourth-order valence-corrected chi connectivity index (χ4v) is 2.55. The van der Waals surface area contributed by atoms with Gasteiger partial charge < -0.3 is 5.32 Å². The molecule has 1 atom stereocenters. The first-order valence-corrected chi connectivity index (χ1v) is 7.03. The maximum atomic E-state index is 4.31. The molecule has 3 heteroatoms. The smallest absolute Gasteiger partial charge is 0.101 e. The number of pyridine rings is 1. The largest absolute Gasteiger partial charge is 0.310 e. The van der Waals surface area contributed by atoms with Crippen molar-refractivity contribution in [3.8, 4) is 0 Å². The number of hydrogen-bond acceptors (Lipinski definition) is 3. The van der Waals surface area contributed by atoms with E-state index in [4.69, 9.17) is 0 Å². The molecule has 1 N–H and O–H groups in total. The molecule has 2 nitrogen and oxygen atoms in total. The van der Waals surface area contributed by atoms with Crippen LogP contribution in [-0.4, -0.2) is 11.5 Å². The van der Waals surface area contributed by atoms with Crippen molar-refractivity contribution in [1.82, 2.24) is 10.3 Å². The van der Waals surface area contributed by atoms with Crippen molar-refractivity contribution in [2.75, 3.05) is 6.54 Å². The molecule has 18 heavy (non-hydrogen) atoms. The molecule has 0 spiro atoms. The van der Waals surface area contributed by atoms with Crippen LogP contribution in [0.4, 0.5) is 0 Å². The molecular formula is C15H18N2S. The lowest BCUT2D eigenvalue weighted by molar-refractivity contribution is 0.598. The molecule has 0 radical (unpaired) electrons. The second-order valence-corrected chi connectivity index (χ2v) is 5.21. The zero-order valence-corrected chi connectivity index (χ0v) is 11.6. The zero-order chi connectivity index (χ0) is 12.8. The van der Waals surface area contributed by atoms with E-state index in [0.717, 1.165) is 11.6 Å². The first kappa shape index (κ1) is 13.1. The summed E-state index contributed by atoms with van der Waals surface area (Å²) in [6.45, 7) is 5.30. The standard InChI is InChI=1S/C15H18N2S/c1-3-16-12(2)13-7-9-14(10-8-13)18-15-6-4-5-11-17-15/h4-12,16H,3H2,1-2H3. The fraction of sp³-hybridized carbons (Fsp3) is 0.267. The van der Waals surface area contributed by atoms with Gasteiger partial charge in [-0.25, -0.2) is 4.98 Å². The van der Waals surface area contributed by atoms with Gasteiger partial charge in [0.2, 0.25) is 0 Å². The summed E-state index contributed by atoms with van der Waals surface area (Å²) < 4.78 is 0. The molecule has 1 aromatic carbocycles. The molecule has 1 unspecified atom stereocenters. The first-order chi connectivity index (χ1) is 8.79. The van der Waals surface area contributed by atoms with Crippen molar-refractivity contribution >= 4 is 11.8 Å². The monoisotopic (exact) mass is 258 g/mol. The highest BCUT2D eigenvalue weighted by Gasteiger charge is 2.04. The van der Waals surface area contributed by atoms with Crippen LogP contribution in [0.25, 0.3) is 0 Å². The van der Waals surface area contributed by atoms with Gasteiger partial charge in [-0.15, -0.1) is 0 Å². The Balaban J connectivity index is 2.04. The van der Waals surface area contributed by atoms with Gasteiger partial charge in [-0.2, -0.15) is 0 Å². The second-order valence-electron chi connectivity index (χ2n) is 4.12. The Morgan fingerprint density at radius 1 is 1.17 bits per heavy atom. The maximum absolute atomic E-state index is 4.31. The molecule has 0 aliphatic carbocycles. The van der Waals surface area contributed by atoms with Crippen LogP contribution in [0, 0.1) is 0 Å². The van der Waals surface area contributed by atoms with Crippen LogP contribution < -0.4 is 5.32 Å². The Morgan fingerprint density at radius 3 is 2.56 bits per heavy atom. The fourth-order valence-electron chi connectivity index (χ4n) is 1.78. The highest BCUT2D eigenvalue weighted by Crippen LogP contribution is 2.26. The van der Waals surface area contributed by atoms with E-state index in [1.54, 1.807) is 11.8 Å². The summed E-state index contributed by atoms with van der Waals surface area (Å²) in [5.41, 5.74) is 1.32. The molecular weight excluding hydrogens is 240 g/mol. The normalized spacial score (nSPS) is 12.3. The van der Waals surface area contributed by atoms with Gasteiger partial charge in [0.15, 0.2) is 0 Å². The topological polar surface area (TPSA) is 24.9 Å². The van der Waals surface area contributed by atoms with Gasteiger partial charge in [-0.05, 0) is 43.3 Å². The third-order valence-corrected chi connectivity index (χ3v) is 3.71. The second kappa shape index (κ2) is 6.57. The number of hydrogen-bond donors (Lipinski definition) is 1. The van der Waals surface area contributed by atoms with E-state index in [-0.39, 0.29) is 0 Å². The average Bonchev–Trinajstić information content (AvgIpc) is 2.41. The van der Waals surface area contributed by atoms with E-state index < -0.39 is 0 Å².